The number of carbonyl (C=O) groups excluding carboxylic acids is 2. The summed E-state index contributed by atoms with van der Waals surface area (Å²) in [4.78, 5) is 26.6. The van der Waals surface area contributed by atoms with Crippen LogP contribution in [-0.4, -0.2) is 32.7 Å². The molecule has 1 N–H and O–H groups in total. The fourth-order valence-electron chi connectivity index (χ4n) is 3.41. The first-order chi connectivity index (χ1) is 13.5. The number of amides is 1. The number of fused-ring (bicyclic) bond motifs is 1. The summed E-state index contributed by atoms with van der Waals surface area (Å²) in [6.45, 7) is 4.28. The van der Waals surface area contributed by atoms with Gasteiger partial charge < -0.3 is 19.5 Å². The molecule has 1 amide bonds. The fourth-order valence-corrected chi connectivity index (χ4v) is 4.80. The van der Waals surface area contributed by atoms with Crippen LogP contribution in [0.15, 0.2) is 18.2 Å². The Morgan fingerprint density at radius 3 is 2.64 bits per heavy atom. The van der Waals surface area contributed by atoms with Gasteiger partial charge in [-0.25, -0.2) is 4.79 Å². The molecule has 0 radical (unpaired) electrons. The van der Waals surface area contributed by atoms with Gasteiger partial charge in [0.2, 0.25) is 0 Å². The van der Waals surface area contributed by atoms with E-state index in [0.717, 1.165) is 29.7 Å². The highest BCUT2D eigenvalue weighted by molar-refractivity contribution is 7.17. The van der Waals surface area contributed by atoms with E-state index in [2.05, 4.69) is 12.2 Å². The van der Waals surface area contributed by atoms with Crippen LogP contribution in [0.25, 0.3) is 0 Å². The van der Waals surface area contributed by atoms with Crippen LogP contribution in [0.2, 0.25) is 0 Å². The van der Waals surface area contributed by atoms with E-state index < -0.39 is 0 Å². The normalized spacial score (nSPS) is 15.5. The maximum Gasteiger partial charge on any atom is 0.341 e. The Kier molecular flexibility index (Phi) is 6.24. The average molecular weight is 404 g/mol. The van der Waals surface area contributed by atoms with Crippen LogP contribution in [0.1, 0.15) is 51.4 Å². The van der Waals surface area contributed by atoms with Crippen molar-refractivity contribution >= 4 is 28.2 Å². The molecule has 0 spiro atoms. The molecule has 0 saturated carbocycles. The monoisotopic (exact) mass is 403 g/mol. The second kappa shape index (κ2) is 8.65. The lowest BCUT2D eigenvalue weighted by molar-refractivity contribution is 0.0526. The van der Waals surface area contributed by atoms with Gasteiger partial charge in [0, 0.05) is 10.4 Å². The van der Waals surface area contributed by atoms with Crippen molar-refractivity contribution in [2.45, 2.75) is 33.1 Å². The molecular formula is C21H25NO5S. The first-order valence-corrected chi connectivity index (χ1v) is 10.1. The summed E-state index contributed by atoms with van der Waals surface area (Å²) >= 11 is 1.47. The molecule has 1 atom stereocenters. The molecule has 0 fully saturated rings. The van der Waals surface area contributed by atoms with Gasteiger partial charge in [-0.1, -0.05) is 6.92 Å². The molecule has 0 bridgehead atoms. The second-order valence-corrected chi connectivity index (χ2v) is 7.91. The van der Waals surface area contributed by atoms with Crippen molar-refractivity contribution in [3.8, 4) is 11.5 Å². The van der Waals surface area contributed by atoms with Gasteiger partial charge >= 0.3 is 5.97 Å². The van der Waals surface area contributed by atoms with Crippen molar-refractivity contribution in [1.82, 2.24) is 0 Å². The quantitative estimate of drug-likeness (QED) is 0.727. The molecule has 1 aromatic heterocycles. The van der Waals surface area contributed by atoms with Gasteiger partial charge in [-0.15, -0.1) is 11.3 Å². The number of thiophene rings is 1. The topological polar surface area (TPSA) is 73.9 Å². The summed E-state index contributed by atoms with van der Waals surface area (Å²) in [5, 5.41) is 3.46. The zero-order valence-corrected chi connectivity index (χ0v) is 17.4. The van der Waals surface area contributed by atoms with Gasteiger partial charge in [-0.05, 0) is 55.9 Å². The number of benzene rings is 1. The number of esters is 1. The zero-order chi connectivity index (χ0) is 20.3. The van der Waals surface area contributed by atoms with Crippen LogP contribution in [0.3, 0.4) is 0 Å². The van der Waals surface area contributed by atoms with E-state index >= 15 is 0 Å². The van der Waals surface area contributed by atoms with Crippen molar-refractivity contribution in [2.75, 3.05) is 26.1 Å². The van der Waals surface area contributed by atoms with E-state index in [9.17, 15) is 9.59 Å². The lowest BCUT2D eigenvalue weighted by atomic mass is 9.88. The summed E-state index contributed by atoms with van der Waals surface area (Å²) in [5.74, 6) is 0.901. The highest BCUT2D eigenvalue weighted by atomic mass is 32.1. The summed E-state index contributed by atoms with van der Waals surface area (Å²) in [5.41, 5.74) is 1.94. The van der Waals surface area contributed by atoms with E-state index in [0.29, 0.717) is 40.2 Å². The first-order valence-electron chi connectivity index (χ1n) is 9.33. The van der Waals surface area contributed by atoms with E-state index in [1.807, 2.05) is 0 Å². The third-order valence-electron chi connectivity index (χ3n) is 4.86. The minimum Gasteiger partial charge on any atom is -0.493 e. The lowest BCUT2D eigenvalue weighted by Gasteiger charge is -2.18. The van der Waals surface area contributed by atoms with Gasteiger partial charge in [-0.3, -0.25) is 4.79 Å². The van der Waals surface area contributed by atoms with Crippen molar-refractivity contribution in [2.24, 2.45) is 5.92 Å². The lowest BCUT2D eigenvalue weighted by Crippen LogP contribution is -2.16. The predicted octanol–water partition coefficient (Wildman–Crippen LogP) is 4.32. The fraction of sp³-hybridized carbons (Fsp3) is 0.429. The van der Waals surface area contributed by atoms with Gasteiger partial charge in [0.25, 0.3) is 5.91 Å². The molecule has 1 aliphatic rings. The van der Waals surface area contributed by atoms with Crippen LogP contribution in [0.4, 0.5) is 5.00 Å². The number of rotatable bonds is 6. The van der Waals surface area contributed by atoms with Crippen LogP contribution in [0.5, 0.6) is 11.5 Å². The van der Waals surface area contributed by atoms with Gasteiger partial charge in [0.05, 0.1) is 26.4 Å². The van der Waals surface area contributed by atoms with Gasteiger partial charge in [-0.2, -0.15) is 0 Å². The molecule has 7 heteroatoms. The number of carbonyl (C=O) groups is 2. The van der Waals surface area contributed by atoms with Crippen molar-refractivity contribution in [3.05, 3.63) is 39.8 Å². The second-order valence-electron chi connectivity index (χ2n) is 6.80. The largest absolute Gasteiger partial charge is 0.493 e. The molecule has 1 aromatic carbocycles. The molecule has 1 aliphatic carbocycles. The van der Waals surface area contributed by atoms with Gasteiger partial charge in [0.15, 0.2) is 11.5 Å². The Hall–Kier alpha value is -2.54. The SMILES string of the molecule is CCOC(=O)c1c(NC(=O)c2ccc(OC)c(OC)c2)sc2c1CCC(C)C2. The standard InChI is InChI=1S/C21H25NO5S/c1-5-27-21(24)18-14-8-6-12(2)10-17(14)28-20(18)22-19(23)13-7-9-15(25-3)16(11-13)26-4/h7,9,11-12H,5-6,8,10H2,1-4H3,(H,22,23). The highest BCUT2D eigenvalue weighted by Gasteiger charge is 2.29. The Labute approximate surface area is 168 Å². The third-order valence-corrected chi connectivity index (χ3v) is 6.03. The minimum atomic E-state index is -0.378. The van der Waals surface area contributed by atoms with Crippen LogP contribution in [-0.2, 0) is 17.6 Å². The Morgan fingerprint density at radius 2 is 1.96 bits per heavy atom. The summed E-state index contributed by atoms with van der Waals surface area (Å²) in [6, 6.07) is 4.96. The number of hydrogen-bond donors (Lipinski definition) is 1. The van der Waals surface area contributed by atoms with Gasteiger partial charge in [0.1, 0.15) is 5.00 Å². The predicted molar refractivity (Wildman–Crippen MR) is 109 cm³/mol. The molecule has 3 rings (SSSR count). The summed E-state index contributed by atoms with van der Waals surface area (Å²) in [6.07, 6.45) is 2.77. The molecule has 2 aromatic rings. The molecule has 6 nitrogen and oxygen atoms in total. The first kappa shape index (κ1) is 20.2. The molecular weight excluding hydrogens is 378 g/mol. The molecule has 150 valence electrons. The molecule has 0 saturated heterocycles. The number of ether oxygens (including phenoxy) is 3. The van der Waals surface area contributed by atoms with Crippen molar-refractivity contribution < 1.29 is 23.8 Å². The van der Waals surface area contributed by atoms with E-state index in [-0.39, 0.29) is 11.9 Å². The third kappa shape index (κ3) is 3.99. The van der Waals surface area contributed by atoms with E-state index in [1.54, 1.807) is 32.2 Å². The maximum absolute atomic E-state index is 12.8. The Bertz CT molecular complexity index is 889. The van der Waals surface area contributed by atoms with Crippen molar-refractivity contribution in [1.29, 1.82) is 0 Å². The molecule has 0 aliphatic heterocycles. The summed E-state index contributed by atoms with van der Waals surface area (Å²) < 4.78 is 15.7. The Balaban J connectivity index is 1.93. The van der Waals surface area contributed by atoms with Crippen molar-refractivity contribution in [3.63, 3.8) is 0 Å². The van der Waals surface area contributed by atoms with Crippen LogP contribution < -0.4 is 14.8 Å². The van der Waals surface area contributed by atoms with Crippen LogP contribution >= 0.6 is 11.3 Å². The summed E-state index contributed by atoms with van der Waals surface area (Å²) in [7, 11) is 3.06. The number of nitrogens with one attached hydrogen (secondary N) is 1. The maximum atomic E-state index is 12.8. The zero-order valence-electron chi connectivity index (χ0n) is 16.6. The molecule has 1 unspecified atom stereocenters. The highest BCUT2D eigenvalue weighted by Crippen LogP contribution is 2.40. The van der Waals surface area contributed by atoms with E-state index in [1.165, 1.54) is 18.4 Å². The Morgan fingerprint density at radius 1 is 1.21 bits per heavy atom. The van der Waals surface area contributed by atoms with Crippen LogP contribution in [0, 0.1) is 5.92 Å². The number of anilines is 1. The smallest absolute Gasteiger partial charge is 0.341 e. The molecule has 1 heterocycles. The number of hydrogen-bond acceptors (Lipinski definition) is 6. The van der Waals surface area contributed by atoms with E-state index in [4.69, 9.17) is 14.2 Å². The minimum absolute atomic E-state index is 0.295. The number of methoxy groups -OCH3 is 2. The molecule has 28 heavy (non-hydrogen) atoms. The average Bonchev–Trinajstić information content (AvgIpc) is 3.04.